The summed E-state index contributed by atoms with van der Waals surface area (Å²) in [4.78, 5) is 16.5. The average Bonchev–Trinajstić information content (AvgIpc) is 2.40. The number of carbonyl (C=O) groups is 1. The smallest absolute Gasteiger partial charge is 0.410 e. The Kier molecular flexibility index (Phi) is 4.54. The van der Waals surface area contributed by atoms with Gasteiger partial charge in [0.05, 0.1) is 0 Å². The van der Waals surface area contributed by atoms with E-state index in [1.165, 1.54) is 0 Å². The van der Waals surface area contributed by atoms with Gasteiger partial charge in [-0.05, 0) is 58.9 Å². The molecule has 0 saturated carbocycles. The number of ether oxygens (including phenoxy) is 1. The first-order valence-electron chi connectivity index (χ1n) is 7.79. The van der Waals surface area contributed by atoms with E-state index in [1.807, 2.05) is 49.9 Å². The van der Waals surface area contributed by atoms with Crippen LogP contribution in [0.4, 0.5) is 16.2 Å². The largest absolute Gasteiger partial charge is 0.444 e. The molecule has 1 aliphatic heterocycles. The van der Waals surface area contributed by atoms with E-state index in [0.717, 1.165) is 17.9 Å². The number of piperazine rings is 1. The van der Waals surface area contributed by atoms with Gasteiger partial charge in [0, 0.05) is 36.5 Å². The summed E-state index contributed by atoms with van der Waals surface area (Å²) < 4.78 is 5.50. The van der Waals surface area contributed by atoms with Crippen molar-refractivity contribution in [2.24, 2.45) is 0 Å². The van der Waals surface area contributed by atoms with Crippen LogP contribution in [0.1, 0.15) is 34.6 Å². The van der Waals surface area contributed by atoms with Crippen molar-refractivity contribution in [3.8, 4) is 0 Å². The Morgan fingerprint density at radius 1 is 1.14 bits per heavy atom. The number of amides is 1. The maximum atomic E-state index is 12.3. The van der Waals surface area contributed by atoms with Crippen LogP contribution >= 0.6 is 0 Å². The average molecular weight is 305 g/mol. The molecule has 1 amide bonds. The second kappa shape index (κ2) is 6.07. The van der Waals surface area contributed by atoms with Crippen molar-refractivity contribution in [1.29, 1.82) is 0 Å². The first kappa shape index (κ1) is 16.5. The summed E-state index contributed by atoms with van der Waals surface area (Å²) in [5.74, 6) is 0. The minimum absolute atomic E-state index is 0.101. The quantitative estimate of drug-likeness (QED) is 0.810. The van der Waals surface area contributed by atoms with Gasteiger partial charge in [-0.25, -0.2) is 4.79 Å². The lowest BCUT2D eigenvalue weighted by Gasteiger charge is -2.45. The van der Waals surface area contributed by atoms with Crippen LogP contribution < -0.4 is 10.6 Å². The molecule has 1 fully saturated rings. The molecule has 1 aliphatic rings. The number of nitrogens with zero attached hydrogens (tertiary/aromatic N) is 2. The van der Waals surface area contributed by atoms with Gasteiger partial charge in [-0.2, -0.15) is 0 Å². The number of nitrogens with two attached hydrogens (primary N) is 1. The Bertz CT molecular complexity index is 522. The summed E-state index contributed by atoms with van der Waals surface area (Å²) in [7, 11) is 0. The van der Waals surface area contributed by atoms with Crippen LogP contribution in [0.2, 0.25) is 0 Å². The van der Waals surface area contributed by atoms with Crippen LogP contribution in [0.3, 0.4) is 0 Å². The minimum Gasteiger partial charge on any atom is -0.444 e. The van der Waals surface area contributed by atoms with E-state index in [2.05, 4.69) is 18.7 Å². The highest BCUT2D eigenvalue weighted by atomic mass is 16.6. The zero-order valence-corrected chi connectivity index (χ0v) is 14.2. The first-order chi connectivity index (χ1) is 10.2. The summed E-state index contributed by atoms with van der Waals surface area (Å²) in [6.07, 6.45) is -0.233. The fourth-order valence-corrected chi connectivity index (χ4v) is 2.73. The van der Waals surface area contributed by atoms with Crippen LogP contribution in [0.5, 0.6) is 0 Å². The minimum atomic E-state index is -0.464. The molecule has 5 nitrogen and oxygen atoms in total. The molecule has 2 atom stereocenters. The van der Waals surface area contributed by atoms with Gasteiger partial charge >= 0.3 is 6.09 Å². The van der Waals surface area contributed by atoms with E-state index in [4.69, 9.17) is 10.5 Å². The number of anilines is 2. The van der Waals surface area contributed by atoms with Gasteiger partial charge in [-0.1, -0.05) is 0 Å². The molecule has 1 aromatic rings. The molecule has 0 radical (unpaired) electrons. The summed E-state index contributed by atoms with van der Waals surface area (Å²) in [5.41, 5.74) is 7.18. The van der Waals surface area contributed by atoms with Gasteiger partial charge in [0.15, 0.2) is 0 Å². The lowest BCUT2D eigenvalue weighted by molar-refractivity contribution is 0.0130. The summed E-state index contributed by atoms with van der Waals surface area (Å²) in [6, 6.07) is 8.21. The van der Waals surface area contributed by atoms with Crippen LogP contribution in [0, 0.1) is 0 Å². The van der Waals surface area contributed by atoms with Crippen molar-refractivity contribution in [3.63, 3.8) is 0 Å². The highest BCUT2D eigenvalue weighted by molar-refractivity contribution is 5.69. The SMILES string of the molecule is CC1CN(c2ccc(N)cc2)C(C)CN1C(=O)OC(C)(C)C. The van der Waals surface area contributed by atoms with Gasteiger partial charge in [-0.3, -0.25) is 0 Å². The third-order valence-electron chi connectivity index (χ3n) is 3.84. The van der Waals surface area contributed by atoms with E-state index in [-0.39, 0.29) is 18.2 Å². The fraction of sp³-hybridized carbons (Fsp3) is 0.588. The molecule has 2 unspecified atom stereocenters. The van der Waals surface area contributed by atoms with E-state index < -0.39 is 5.60 Å². The highest BCUT2D eigenvalue weighted by Gasteiger charge is 2.34. The molecule has 1 heterocycles. The predicted octanol–water partition coefficient (Wildman–Crippen LogP) is 3.10. The Morgan fingerprint density at radius 2 is 1.73 bits per heavy atom. The van der Waals surface area contributed by atoms with Crippen molar-refractivity contribution in [2.75, 3.05) is 23.7 Å². The second-order valence-electron chi connectivity index (χ2n) is 7.07. The van der Waals surface area contributed by atoms with E-state index >= 15 is 0 Å². The van der Waals surface area contributed by atoms with Crippen LogP contribution in [-0.2, 0) is 4.74 Å². The van der Waals surface area contributed by atoms with E-state index in [1.54, 1.807) is 0 Å². The van der Waals surface area contributed by atoms with Crippen LogP contribution in [0.15, 0.2) is 24.3 Å². The number of hydrogen-bond donors (Lipinski definition) is 1. The summed E-state index contributed by atoms with van der Waals surface area (Å²) in [6.45, 7) is 11.3. The van der Waals surface area contributed by atoms with E-state index in [9.17, 15) is 4.79 Å². The molecule has 5 heteroatoms. The zero-order valence-electron chi connectivity index (χ0n) is 14.2. The molecule has 0 spiro atoms. The fourth-order valence-electron chi connectivity index (χ4n) is 2.73. The molecule has 0 bridgehead atoms. The molecular weight excluding hydrogens is 278 g/mol. The normalized spacial score (nSPS) is 22.6. The molecule has 1 aromatic carbocycles. The van der Waals surface area contributed by atoms with Crippen LogP contribution in [0.25, 0.3) is 0 Å². The lowest BCUT2D eigenvalue weighted by atomic mass is 10.1. The second-order valence-corrected chi connectivity index (χ2v) is 7.07. The standard InChI is InChI=1S/C17H27N3O2/c1-12-11-20(16(21)22-17(3,4)5)13(2)10-19(12)15-8-6-14(18)7-9-15/h6-9,12-13H,10-11,18H2,1-5H3. The van der Waals surface area contributed by atoms with Gasteiger partial charge < -0.3 is 20.3 Å². The van der Waals surface area contributed by atoms with Gasteiger partial charge in [-0.15, -0.1) is 0 Å². The number of nitrogen functional groups attached to an aromatic ring is 1. The highest BCUT2D eigenvalue weighted by Crippen LogP contribution is 2.25. The molecule has 1 saturated heterocycles. The maximum Gasteiger partial charge on any atom is 0.410 e. The maximum absolute atomic E-state index is 12.3. The number of rotatable bonds is 1. The van der Waals surface area contributed by atoms with E-state index in [0.29, 0.717) is 6.54 Å². The van der Waals surface area contributed by atoms with Crippen molar-refractivity contribution in [1.82, 2.24) is 4.90 Å². The molecule has 22 heavy (non-hydrogen) atoms. The Balaban J connectivity index is 2.08. The van der Waals surface area contributed by atoms with Crippen molar-refractivity contribution >= 4 is 17.5 Å². The summed E-state index contributed by atoms with van der Waals surface area (Å²) in [5, 5.41) is 0. The van der Waals surface area contributed by atoms with Gasteiger partial charge in [0.25, 0.3) is 0 Å². The topological polar surface area (TPSA) is 58.8 Å². The lowest BCUT2D eigenvalue weighted by Crippen LogP contribution is -2.59. The molecule has 2 N–H and O–H groups in total. The van der Waals surface area contributed by atoms with Gasteiger partial charge in [0.2, 0.25) is 0 Å². The van der Waals surface area contributed by atoms with Crippen molar-refractivity contribution in [3.05, 3.63) is 24.3 Å². The molecule has 122 valence electrons. The third kappa shape index (κ3) is 3.84. The van der Waals surface area contributed by atoms with Crippen LogP contribution in [-0.4, -0.2) is 41.8 Å². The number of hydrogen-bond acceptors (Lipinski definition) is 4. The number of benzene rings is 1. The van der Waals surface area contributed by atoms with Crippen molar-refractivity contribution in [2.45, 2.75) is 52.3 Å². The molecule has 2 rings (SSSR count). The monoisotopic (exact) mass is 305 g/mol. The first-order valence-corrected chi connectivity index (χ1v) is 7.79. The predicted molar refractivity (Wildman–Crippen MR) is 90.1 cm³/mol. The molecule has 0 aliphatic carbocycles. The molecular formula is C17H27N3O2. The Hall–Kier alpha value is -1.91. The third-order valence-corrected chi connectivity index (χ3v) is 3.84. The van der Waals surface area contributed by atoms with Gasteiger partial charge in [0.1, 0.15) is 5.60 Å². The Labute approximate surface area is 133 Å². The zero-order chi connectivity index (χ0) is 16.5. The summed E-state index contributed by atoms with van der Waals surface area (Å²) >= 11 is 0. The van der Waals surface area contributed by atoms with Crippen molar-refractivity contribution < 1.29 is 9.53 Å². The Morgan fingerprint density at radius 3 is 2.27 bits per heavy atom. The molecule has 0 aromatic heterocycles. The number of carbonyl (C=O) groups excluding carboxylic acids is 1.